The van der Waals surface area contributed by atoms with Gasteiger partial charge < -0.3 is 54.2 Å². The second kappa shape index (κ2) is 35.7. The van der Waals surface area contributed by atoms with Gasteiger partial charge in [0, 0.05) is 58.7 Å². The van der Waals surface area contributed by atoms with Gasteiger partial charge in [0.2, 0.25) is 0 Å². The van der Waals surface area contributed by atoms with Crippen LogP contribution >= 0.6 is 12.4 Å². The number of nitrogens with two attached hydrogens (primary N) is 1. The molecule has 17 heteroatoms. The van der Waals surface area contributed by atoms with E-state index in [-0.39, 0.29) is 87.5 Å². The number of methoxy groups -OCH3 is 8. The van der Waals surface area contributed by atoms with Crippen molar-refractivity contribution in [2.45, 2.75) is 6.92 Å². The van der Waals surface area contributed by atoms with Crippen LogP contribution in [-0.2, 0) is 0 Å². The second-order valence-electron chi connectivity index (χ2n) is 17.1. The van der Waals surface area contributed by atoms with E-state index in [1.807, 2.05) is 121 Å². The molecule has 0 aliphatic heterocycles. The molecule has 9 aromatic rings. The SMILES string of the molecule is CCO.COc1ccc(-c2cc(-c3ccc(OC)cc3OC)nc(-c3ccc(-c4ccccc4)cc3)n2)c(OC)c1.COc1ccc(/C=C/C(=O)c2ccc(OC)cc2OC)c(OC)c1.Cl.N=C(N)c1ccc(-c2ccccc2)cc1.[K+].[OH-]. The van der Waals surface area contributed by atoms with E-state index in [4.69, 9.17) is 64.1 Å². The molecule has 426 valence electrons. The normalized spacial score (nSPS) is 9.90. The Balaban J connectivity index is 0.000000344. The third kappa shape index (κ3) is 19.3. The predicted molar refractivity (Wildman–Crippen MR) is 327 cm³/mol. The molecule has 0 unspecified atom stereocenters. The summed E-state index contributed by atoms with van der Waals surface area (Å²) in [5.74, 6) is 5.64. The number of carbonyl (C=O) groups excluding carboxylic acids is 1. The molecule has 15 nitrogen and oxygen atoms in total. The molecule has 0 radical (unpaired) electrons. The Morgan fingerprint density at radius 3 is 1.25 bits per heavy atom. The molecule has 0 fully saturated rings. The van der Waals surface area contributed by atoms with Gasteiger partial charge in [-0.3, -0.25) is 10.2 Å². The van der Waals surface area contributed by atoms with Gasteiger partial charge in [-0.2, -0.15) is 0 Å². The number of carbonyl (C=O) groups is 1. The number of hydrogen-bond donors (Lipinski definition) is 3. The number of ether oxygens (including phenoxy) is 8. The maximum Gasteiger partial charge on any atom is 1.00 e. The molecule has 1 heterocycles. The Morgan fingerprint density at radius 2 is 0.843 bits per heavy atom. The van der Waals surface area contributed by atoms with E-state index >= 15 is 0 Å². The van der Waals surface area contributed by atoms with Crippen LogP contribution in [0.5, 0.6) is 46.0 Å². The number of rotatable bonds is 17. The van der Waals surface area contributed by atoms with Crippen LogP contribution in [0.1, 0.15) is 28.4 Å². The number of benzene rings is 8. The largest absolute Gasteiger partial charge is 1.00 e. The first kappa shape index (κ1) is 69.2. The summed E-state index contributed by atoms with van der Waals surface area (Å²) in [6.45, 7) is 1.93. The summed E-state index contributed by atoms with van der Waals surface area (Å²) in [4.78, 5) is 22.4. The number of aliphatic hydroxyl groups excluding tert-OH is 1. The minimum atomic E-state index is -0.174. The quantitative estimate of drug-likeness (QED) is 0.0254. The molecule has 0 bridgehead atoms. The van der Waals surface area contributed by atoms with Crippen LogP contribution < -0.4 is 95.0 Å². The number of nitrogens with one attached hydrogen (secondary N) is 1. The summed E-state index contributed by atoms with van der Waals surface area (Å²) in [5, 5.41) is 14.9. The molecule has 0 aliphatic carbocycles. The fraction of sp³-hybridized carbons (Fsp3) is 0.152. The molecule has 0 atom stereocenters. The van der Waals surface area contributed by atoms with Gasteiger partial charge in [0.1, 0.15) is 51.8 Å². The van der Waals surface area contributed by atoms with Gasteiger partial charge in [0.05, 0.1) is 73.8 Å². The van der Waals surface area contributed by atoms with E-state index in [0.717, 1.165) is 55.9 Å². The number of hydrogen-bond acceptors (Lipinski definition) is 14. The molecule has 1 aromatic heterocycles. The molecule has 0 aliphatic rings. The second-order valence-corrected chi connectivity index (χ2v) is 17.1. The van der Waals surface area contributed by atoms with Gasteiger partial charge in [0.15, 0.2) is 11.6 Å². The standard InChI is InChI=1S/C32H28N2O4.C19H20O5.C13H12N2.C2H6O.ClH.K.H2O/c1-35-24-14-16-26(30(18-24)37-3)28-20-29(27-17-15-25(36-2)19-31(27)38-4)34-32(33-28)23-12-10-22(11-13-23)21-8-6-5-7-9-21;1-21-14-7-5-13(18(11-14)23-3)6-10-17(20)16-9-8-15(22-2)12-19(16)24-4;14-13(15)12-8-6-11(7-9-12)10-4-2-1-3-5-10;1-2-3;;;/h5-20H,1-4H3;5-12H,1-4H3;1-9H,(H3,14,15);3H,2H2,1H3;1H;;1H2/q;;;;;+1;/p-1/b;10-6+;;;;;. The van der Waals surface area contributed by atoms with E-state index in [1.54, 1.807) is 93.1 Å². The number of halogens is 1. The summed E-state index contributed by atoms with van der Waals surface area (Å²) >= 11 is 0. The Kier molecular flexibility index (Phi) is 29.8. The van der Waals surface area contributed by atoms with E-state index in [2.05, 4.69) is 36.4 Å². The molecule has 0 saturated carbocycles. The van der Waals surface area contributed by atoms with Crippen LogP contribution in [0.2, 0.25) is 0 Å². The zero-order valence-corrected chi connectivity index (χ0v) is 52.1. The average molecular weight is 1170 g/mol. The summed E-state index contributed by atoms with van der Waals surface area (Å²) in [6.07, 6.45) is 3.18. The minimum absolute atomic E-state index is 0. The molecule has 8 aromatic carbocycles. The van der Waals surface area contributed by atoms with Crippen molar-refractivity contribution in [2.75, 3.05) is 63.5 Å². The van der Waals surface area contributed by atoms with E-state index < -0.39 is 0 Å². The van der Waals surface area contributed by atoms with Crippen LogP contribution in [0, 0.1) is 5.41 Å². The van der Waals surface area contributed by atoms with Gasteiger partial charge in [-0.1, -0.05) is 109 Å². The predicted octanol–water partition coefficient (Wildman–Crippen LogP) is 10.7. The van der Waals surface area contributed by atoms with Crippen LogP contribution in [0.15, 0.2) is 194 Å². The maximum absolute atomic E-state index is 12.4. The van der Waals surface area contributed by atoms with Crippen molar-refractivity contribution in [2.24, 2.45) is 5.73 Å². The smallest absolute Gasteiger partial charge is 0.870 e. The summed E-state index contributed by atoms with van der Waals surface area (Å²) < 4.78 is 43.0. The number of nitrogens with zero attached hydrogens (tertiary/aromatic N) is 2. The molecular formula is C66H68ClKN4O11. The van der Waals surface area contributed by atoms with Crippen molar-refractivity contribution < 1.29 is 105 Å². The molecule has 0 spiro atoms. The molecule has 0 saturated heterocycles. The van der Waals surface area contributed by atoms with Crippen molar-refractivity contribution >= 4 is 30.1 Å². The van der Waals surface area contributed by atoms with Gasteiger partial charge >= 0.3 is 51.4 Å². The molecule has 9 rings (SSSR count). The number of aromatic nitrogens is 2. The topological polar surface area (TPSA) is 217 Å². The molecular weight excluding hydrogens is 1100 g/mol. The van der Waals surface area contributed by atoms with Gasteiger partial charge in [-0.25, -0.2) is 9.97 Å². The Bertz CT molecular complexity index is 3410. The summed E-state index contributed by atoms with van der Waals surface area (Å²) in [7, 11) is 12.8. The van der Waals surface area contributed by atoms with Gasteiger partial charge in [-0.05, 0) is 95.9 Å². The first-order chi connectivity index (χ1) is 38.9. The Morgan fingerprint density at radius 1 is 0.482 bits per heavy atom. The third-order valence-electron chi connectivity index (χ3n) is 12.2. The number of nitrogen functional groups attached to an aromatic ring is 1. The first-order valence-corrected chi connectivity index (χ1v) is 25.2. The van der Waals surface area contributed by atoms with E-state index in [0.29, 0.717) is 57.4 Å². The number of ketones is 1. The molecule has 0 amide bonds. The number of amidine groups is 1. The average Bonchev–Trinajstić information content (AvgIpc) is 3.53. The maximum atomic E-state index is 12.4. The Hall–Kier alpha value is -8.03. The zero-order chi connectivity index (χ0) is 57.4. The van der Waals surface area contributed by atoms with Crippen LogP contribution in [0.25, 0.3) is 62.2 Å². The van der Waals surface area contributed by atoms with Crippen molar-refractivity contribution in [1.82, 2.24) is 9.97 Å². The van der Waals surface area contributed by atoms with Gasteiger partial charge in [0.25, 0.3) is 0 Å². The zero-order valence-electron chi connectivity index (χ0n) is 48.2. The Labute approximate surface area is 534 Å². The number of allylic oxidation sites excluding steroid dienone is 1. The minimum Gasteiger partial charge on any atom is -0.870 e. The van der Waals surface area contributed by atoms with Crippen LogP contribution in [0.4, 0.5) is 0 Å². The first-order valence-electron chi connectivity index (χ1n) is 25.2. The van der Waals surface area contributed by atoms with Crippen molar-refractivity contribution in [1.29, 1.82) is 5.41 Å². The molecule has 83 heavy (non-hydrogen) atoms. The summed E-state index contributed by atoms with van der Waals surface area (Å²) in [6, 6.07) is 60.1. The monoisotopic (exact) mass is 1170 g/mol. The van der Waals surface area contributed by atoms with Gasteiger partial charge in [-0.15, -0.1) is 12.4 Å². The van der Waals surface area contributed by atoms with Crippen molar-refractivity contribution in [3.05, 3.63) is 211 Å². The van der Waals surface area contributed by atoms with Crippen molar-refractivity contribution in [3.8, 4) is 102 Å². The summed E-state index contributed by atoms with van der Waals surface area (Å²) in [5.41, 5.74) is 16.0. The van der Waals surface area contributed by atoms with Crippen molar-refractivity contribution in [3.63, 3.8) is 0 Å². The van der Waals surface area contributed by atoms with E-state index in [9.17, 15) is 4.79 Å². The van der Waals surface area contributed by atoms with E-state index in [1.165, 1.54) is 18.7 Å². The number of aliphatic hydroxyl groups is 1. The molecule has 5 N–H and O–H groups in total. The third-order valence-corrected chi connectivity index (χ3v) is 12.2. The van der Waals surface area contributed by atoms with Crippen LogP contribution in [-0.4, -0.2) is 95.7 Å². The van der Waals surface area contributed by atoms with Crippen LogP contribution in [0.3, 0.4) is 0 Å². The fourth-order valence-electron chi connectivity index (χ4n) is 8.00. The fourth-order valence-corrected chi connectivity index (χ4v) is 8.00.